The minimum Gasteiger partial charge on any atom is -0.388 e. The average Bonchev–Trinajstić information content (AvgIpc) is 3.83. The first-order chi connectivity index (χ1) is 33.9. The molecule has 0 saturated heterocycles. The summed E-state index contributed by atoms with van der Waals surface area (Å²) in [6, 6.07) is 34.8. The fourth-order valence-electron chi connectivity index (χ4n) is 8.98. The molecule has 0 amide bonds. The molecule has 8 aromatic rings. The van der Waals surface area contributed by atoms with Crippen molar-refractivity contribution in [3.05, 3.63) is 177 Å². The Morgan fingerprint density at radius 1 is 0.543 bits per heavy atom. The molecule has 360 valence electrons. The summed E-state index contributed by atoms with van der Waals surface area (Å²) in [6.07, 6.45) is 0.630. The van der Waals surface area contributed by atoms with Gasteiger partial charge in [0.05, 0.1) is 72.2 Å². The summed E-state index contributed by atoms with van der Waals surface area (Å²) in [5, 5.41) is 27.1. The quantitative estimate of drug-likeness (QED) is 0.0989. The largest absolute Gasteiger partial charge is 0.388 e. The molecule has 18 heteroatoms. The summed E-state index contributed by atoms with van der Waals surface area (Å²) in [7, 11) is 3.24. The Morgan fingerprint density at radius 3 is 1.33 bits per heavy atom. The van der Waals surface area contributed by atoms with Gasteiger partial charge in [0.1, 0.15) is 36.1 Å². The molecule has 0 saturated carbocycles. The highest BCUT2D eigenvalue weighted by atomic mass is 19.1. The maximum atomic E-state index is 13.7. The number of ether oxygens (including phenoxy) is 2. The molecule has 16 nitrogen and oxygen atoms in total. The summed E-state index contributed by atoms with van der Waals surface area (Å²) in [6.45, 7) is 4.71. The van der Waals surface area contributed by atoms with E-state index in [0.29, 0.717) is 70.0 Å². The number of hydrogen-bond donors (Lipinski definition) is 4. The van der Waals surface area contributed by atoms with Crippen molar-refractivity contribution < 1.29 is 28.5 Å². The first-order valence-electron chi connectivity index (χ1n) is 22.8. The van der Waals surface area contributed by atoms with E-state index in [4.69, 9.17) is 14.5 Å². The van der Waals surface area contributed by atoms with Crippen molar-refractivity contribution in [2.24, 2.45) is 0 Å². The van der Waals surface area contributed by atoms with Gasteiger partial charge in [-0.05, 0) is 72.5 Å². The zero-order valence-electron chi connectivity index (χ0n) is 38.9. The molecule has 4 aromatic heterocycles. The van der Waals surface area contributed by atoms with E-state index in [2.05, 4.69) is 25.6 Å². The van der Waals surface area contributed by atoms with Gasteiger partial charge in [-0.1, -0.05) is 84.9 Å². The number of anilines is 2. The van der Waals surface area contributed by atoms with Crippen LogP contribution in [-0.2, 0) is 35.7 Å². The van der Waals surface area contributed by atoms with Gasteiger partial charge >= 0.3 is 0 Å². The number of aliphatic hydroxyl groups is 2. The number of rotatable bonds is 12. The Labute approximate surface area is 401 Å². The summed E-state index contributed by atoms with van der Waals surface area (Å²) < 4.78 is 45.1. The lowest BCUT2D eigenvalue weighted by Crippen LogP contribution is -2.46. The molecule has 6 atom stereocenters. The van der Waals surface area contributed by atoms with Gasteiger partial charge in [0.2, 0.25) is 11.9 Å². The molecule has 6 heterocycles. The van der Waals surface area contributed by atoms with Crippen molar-refractivity contribution in [3.8, 4) is 45.0 Å². The highest BCUT2D eigenvalue weighted by Crippen LogP contribution is 2.34. The first kappa shape index (κ1) is 47.4. The Bertz CT molecular complexity index is 3200. The van der Waals surface area contributed by atoms with Crippen LogP contribution in [0, 0.1) is 11.6 Å². The van der Waals surface area contributed by atoms with E-state index < -0.39 is 18.0 Å². The van der Waals surface area contributed by atoms with E-state index in [9.17, 15) is 28.6 Å². The molecule has 70 heavy (non-hydrogen) atoms. The van der Waals surface area contributed by atoms with E-state index >= 15 is 0 Å². The molecule has 0 aliphatic carbocycles. The molecule has 0 radical (unpaired) electrons. The third-order valence-corrected chi connectivity index (χ3v) is 12.7. The number of nitrogens with zero attached hydrogens (tertiary/aromatic N) is 8. The second kappa shape index (κ2) is 20.5. The number of aromatic nitrogens is 8. The fourth-order valence-corrected chi connectivity index (χ4v) is 8.98. The van der Waals surface area contributed by atoms with Crippen molar-refractivity contribution in [1.29, 1.82) is 0 Å². The molecule has 2 aliphatic rings. The van der Waals surface area contributed by atoms with Gasteiger partial charge in [0.15, 0.2) is 0 Å². The monoisotopic (exact) mass is 950 g/mol. The number of methoxy groups -OCH3 is 2. The van der Waals surface area contributed by atoms with Crippen LogP contribution in [0.15, 0.2) is 143 Å². The number of aliphatic hydroxyl groups excluding tert-OH is 2. The first-order valence-corrected chi connectivity index (χ1v) is 22.8. The van der Waals surface area contributed by atoms with Crippen molar-refractivity contribution in [1.82, 2.24) is 38.7 Å². The topological polar surface area (TPSA) is 188 Å². The average molecular weight is 951 g/mol. The van der Waals surface area contributed by atoms with Gasteiger partial charge in [-0.25, -0.2) is 38.1 Å². The molecule has 4 N–H and O–H groups in total. The van der Waals surface area contributed by atoms with E-state index in [1.807, 2.05) is 79.2 Å². The van der Waals surface area contributed by atoms with Crippen LogP contribution in [0.1, 0.15) is 37.1 Å². The van der Waals surface area contributed by atoms with Crippen LogP contribution in [-0.4, -0.2) is 87.5 Å². The number of benzene rings is 4. The van der Waals surface area contributed by atoms with E-state index in [1.54, 1.807) is 60.2 Å². The normalized spacial score (nSPS) is 18.2. The van der Waals surface area contributed by atoms with Crippen LogP contribution in [0.4, 0.5) is 20.7 Å². The summed E-state index contributed by atoms with van der Waals surface area (Å²) in [4.78, 5) is 45.3. The molecule has 10 rings (SSSR count). The maximum absolute atomic E-state index is 13.7. The molecular weight excluding hydrogens is 899 g/mol. The predicted molar refractivity (Wildman–Crippen MR) is 261 cm³/mol. The van der Waals surface area contributed by atoms with Crippen LogP contribution < -0.4 is 21.8 Å². The second-order valence-corrected chi connectivity index (χ2v) is 17.2. The molecule has 0 bridgehead atoms. The second-order valence-electron chi connectivity index (χ2n) is 17.2. The van der Waals surface area contributed by atoms with E-state index in [-0.39, 0.29) is 54.3 Å². The van der Waals surface area contributed by atoms with Gasteiger partial charge < -0.3 is 30.3 Å². The zero-order valence-corrected chi connectivity index (χ0v) is 38.9. The van der Waals surface area contributed by atoms with Crippen LogP contribution in [0.2, 0.25) is 0 Å². The third-order valence-electron chi connectivity index (χ3n) is 12.7. The Morgan fingerprint density at radius 2 is 0.914 bits per heavy atom. The summed E-state index contributed by atoms with van der Waals surface area (Å²) in [5.41, 5.74) is 5.67. The lowest BCUT2D eigenvalue weighted by atomic mass is 10.0. The third kappa shape index (κ3) is 9.66. The van der Waals surface area contributed by atoms with Crippen molar-refractivity contribution in [3.63, 3.8) is 0 Å². The van der Waals surface area contributed by atoms with Crippen LogP contribution in [0.3, 0.4) is 0 Å². The maximum Gasteiger partial charge on any atom is 0.275 e. The standard InChI is InChI=1S/C27H28FN5O3.C25H24FN5O3/c1-17(18-7-5-4-6-8-18)30-27-29-14-13-21(31-27)25-24(19-9-11-20(28)12-10-19)26(34)33-16-23(36-3)22(35-2)15-32(25)33;1-15(16-5-3-2-4-6-16)28-25-27-12-11-19(29-25)23-22(17-7-9-18(26)10-8-17)24(34)31-14-21(33)20(32)13-30(23)31/h4-14,17,22-23H,15-16H2,1-3H3,(H,29,30,31);2-12,15,20-21,32-33H,13-14H2,1H3,(H,27,28,29)/t17-,22?,23?;15-,20?,21?/m00/s1. The Balaban J connectivity index is 0.000000174. The highest BCUT2D eigenvalue weighted by molar-refractivity contribution is 5.81. The lowest BCUT2D eigenvalue weighted by Gasteiger charge is -2.32. The highest BCUT2D eigenvalue weighted by Gasteiger charge is 2.35. The number of fused-ring (bicyclic) bond motifs is 2. The van der Waals surface area contributed by atoms with Gasteiger partial charge in [-0.15, -0.1) is 0 Å². The van der Waals surface area contributed by atoms with Crippen molar-refractivity contribution in [2.45, 2.75) is 76.5 Å². The van der Waals surface area contributed by atoms with Gasteiger partial charge in [0, 0.05) is 26.6 Å². The number of hydrogen-bond acceptors (Lipinski definition) is 12. The molecular formula is C52H52F2N10O6. The van der Waals surface area contributed by atoms with Crippen molar-refractivity contribution >= 4 is 11.9 Å². The number of nitrogens with one attached hydrogen (secondary N) is 2. The molecule has 2 aliphatic heterocycles. The Hall–Kier alpha value is -7.64. The van der Waals surface area contributed by atoms with Crippen molar-refractivity contribution in [2.75, 3.05) is 24.9 Å². The Kier molecular flexibility index (Phi) is 13.9. The predicted octanol–water partition coefficient (Wildman–Crippen LogP) is 6.95. The van der Waals surface area contributed by atoms with Gasteiger partial charge in [-0.2, -0.15) is 0 Å². The molecule has 0 spiro atoms. The van der Waals surface area contributed by atoms with E-state index in [1.165, 1.54) is 41.1 Å². The number of halogens is 2. The summed E-state index contributed by atoms with van der Waals surface area (Å²) >= 11 is 0. The fraction of sp³-hybridized carbons (Fsp3) is 0.269. The van der Waals surface area contributed by atoms with Gasteiger partial charge in [-0.3, -0.25) is 19.0 Å². The van der Waals surface area contributed by atoms with Crippen LogP contribution in [0.5, 0.6) is 0 Å². The lowest BCUT2D eigenvalue weighted by molar-refractivity contribution is -0.0737. The van der Waals surface area contributed by atoms with Crippen LogP contribution >= 0.6 is 0 Å². The molecule has 4 unspecified atom stereocenters. The molecule has 0 fully saturated rings. The molecule has 4 aromatic carbocycles. The summed E-state index contributed by atoms with van der Waals surface area (Å²) in [5.74, 6) is 0.0365. The minimum atomic E-state index is -1.07. The van der Waals surface area contributed by atoms with Gasteiger partial charge in [0.25, 0.3) is 11.1 Å². The SMILES string of the molecule is COC1Cn2c(-c3ccnc(N[C@@H](C)c4ccccc4)n3)c(-c3ccc(F)cc3)c(=O)n2CC1OC.C[C@H](Nc1nccc(-c2c(-c3ccc(F)cc3)c(=O)n3n2CC(O)C(O)C3)n1)c1ccccc1. The smallest absolute Gasteiger partial charge is 0.275 e. The minimum absolute atomic E-state index is 0.0140. The van der Waals surface area contributed by atoms with E-state index in [0.717, 1.165) is 11.1 Å². The van der Waals surface area contributed by atoms with Crippen LogP contribution in [0.25, 0.3) is 45.0 Å². The zero-order chi connectivity index (χ0) is 49.1.